The molecule has 0 bridgehead atoms. The number of sulfonamides is 1. The number of rotatable bonds is 7. The number of ether oxygens (including phenoxy) is 1. The Bertz CT molecular complexity index is 1250. The van der Waals surface area contributed by atoms with E-state index in [-0.39, 0.29) is 12.2 Å². The Morgan fingerprint density at radius 2 is 1.59 bits per heavy atom. The van der Waals surface area contributed by atoms with Crippen LogP contribution in [-0.4, -0.2) is 28.5 Å². The molecule has 2 N–H and O–H groups in total. The molecule has 3 aromatic carbocycles. The van der Waals surface area contributed by atoms with Crippen molar-refractivity contribution in [2.45, 2.75) is 42.4 Å². The number of hydrogen-bond donors (Lipinski definition) is 2. The second-order valence-corrected chi connectivity index (χ2v) is 10.5. The average molecular weight is 481 g/mol. The summed E-state index contributed by atoms with van der Waals surface area (Å²) in [7, 11) is -0.460. The first-order valence-electron chi connectivity index (χ1n) is 11.5. The van der Waals surface area contributed by atoms with Crippen LogP contribution in [0.15, 0.2) is 77.7 Å². The lowest BCUT2D eigenvalue weighted by molar-refractivity contribution is -0.122. The maximum absolute atomic E-state index is 13.7. The monoisotopic (exact) mass is 480 g/mol. The van der Waals surface area contributed by atoms with Crippen molar-refractivity contribution >= 4 is 21.6 Å². The second kappa shape index (κ2) is 9.99. The molecule has 4 rings (SSSR count). The van der Waals surface area contributed by atoms with E-state index in [1.807, 2.05) is 48.5 Å². The zero-order chi connectivity index (χ0) is 24.2. The van der Waals surface area contributed by atoms with E-state index in [2.05, 4.69) is 10.0 Å². The zero-order valence-electron chi connectivity index (χ0n) is 19.5. The molecule has 1 aliphatic rings. The van der Waals surface area contributed by atoms with E-state index < -0.39 is 15.4 Å². The van der Waals surface area contributed by atoms with Gasteiger partial charge < -0.3 is 10.1 Å². The van der Waals surface area contributed by atoms with Gasteiger partial charge in [-0.2, -0.15) is 0 Å². The maximum atomic E-state index is 13.7. The normalized spacial score (nSPS) is 15.5. The first-order valence-corrected chi connectivity index (χ1v) is 13.0. The third-order valence-electron chi connectivity index (χ3n) is 6.67. The van der Waals surface area contributed by atoms with Gasteiger partial charge in [-0.1, -0.05) is 55.7 Å². The van der Waals surface area contributed by atoms with E-state index in [1.54, 1.807) is 31.4 Å². The predicted molar refractivity (Wildman–Crippen MR) is 137 cm³/mol. The first kappa shape index (κ1) is 24.0. The Balaban J connectivity index is 0.00000342. The molecule has 1 amide bonds. The van der Waals surface area contributed by atoms with Crippen LogP contribution in [0.1, 0.15) is 39.1 Å². The van der Waals surface area contributed by atoms with Gasteiger partial charge in [0.1, 0.15) is 5.75 Å². The molecule has 0 radical (unpaired) electrons. The van der Waals surface area contributed by atoms with Gasteiger partial charge in [0.25, 0.3) is 0 Å². The van der Waals surface area contributed by atoms with E-state index >= 15 is 0 Å². The molecule has 0 atom stereocenters. The third kappa shape index (κ3) is 4.86. The molecule has 180 valence electrons. The van der Waals surface area contributed by atoms with Crippen LogP contribution < -0.4 is 14.8 Å². The Kier molecular flexibility index (Phi) is 7.05. The van der Waals surface area contributed by atoms with E-state index in [4.69, 9.17) is 4.74 Å². The summed E-state index contributed by atoms with van der Waals surface area (Å²) in [5, 5.41) is 3.16. The Morgan fingerprint density at radius 3 is 2.21 bits per heavy atom. The van der Waals surface area contributed by atoms with Crippen molar-refractivity contribution < 1.29 is 19.4 Å². The van der Waals surface area contributed by atoms with E-state index in [1.165, 1.54) is 7.05 Å². The summed E-state index contributed by atoms with van der Waals surface area (Å²) in [6.07, 6.45) is 4.79. The lowest BCUT2D eigenvalue weighted by atomic mass is 9.68. The molecule has 0 aliphatic heterocycles. The highest BCUT2D eigenvalue weighted by Crippen LogP contribution is 2.41. The molecule has 1 saturated carbocycles. The van der Waals surface area contributed by atoms with E-state index in [0.717, 1.165) is 54.5 Å². The molecule has 6 nitrogen and oxygen atoms in total. The quantitative estimate of drug-likeness (QED) is 0.477. The highest BCUT2D eigenvalue weighted by Gasteiger charge is 2.41. The number of methoxy groups -OCH3 is 1. The highest BCUT2D eigenvalue weighted by atomic mass is 32.2. The van der Waals surface area contributed by atoms with Crippen LogP contribution in [0.4, 0.5) is 5.69 Å². The summed E-state index contributed by atoms with van der Waals surface area (Å²) in [6, 6.07) is 22.2. The fourth-order valence-electron chi connectivity index (χ4n) is 4.68. The van der Waals surface area contributed by atoms with Gasteiger partial charge in [-0.3, -0.25) is 4.79 Å². The third-order valence-corrected chi connectivity index (χ3v) is 8.10. The Hall–Kier alpha value is -3.16. The van der Waals surface area contributed by atoms with Crippen molar-refractivity contribution in [1.29, 1.82) is 0 Å². The number of benzene rings is 3. The number of anilines is 1. The molecular formula is C27H32N2O4S. The van der Waals surface area contributed by atoms with Gasteiger partial charge in [0, 0.05) is 7.11 Å². The van der Waals surface area contributed by atoms with Crippen molar-refractivity contribution in [3.05, 3.63) is 78.4 Å². The minimum atomic E-state index is -3.49. The van der Waals surface area contributed by atoms with Gasteiger partial charge in [-0.05, 0) is 73.0 Å². The number of carbonyl (C=O) groups excluding carboxylic acids is 1. The van der Waals surface area contributed by atoms with Crippen LogP contribution in [0.5, 0.6) is 5.75 Å². The van der Waals surface area contributed by atoms with Crippen molar-refractivity contribution in [3.63, 3.8) is 0 Å². The highest BCUT2D eigenvalue weighted by molar-refractivity contribution is 7.89. The molecule has 0 aromatic heterocycles. The van der Waals surface area contributed by atoms with Crippen LogP contribution in [-0.2, 0) is 20.2 Å². The van der Waals surface area contributed by atoms with Gasteiger partial charge >= 0.3 is 0 Å². The Labute approximate surface area is 202 Å². The molecule has 0 spiro atoms. The summed E-state index contributed by atoms with van der Waals surface area (Å²) in [4.78, 5) is 13.9. The molecule has 1 fully saturated rings. The fourth-order valence-corrected chi connectivity index (χ4v) is 5.41. The Morgan fingerprint density at radius 1 is 0.912 bits per heavy atom. The molecule has 34 heavy (non-hydrogen) atoms. The predicted octanol–water partition coefficient (Wildman–Crippen LogP) is 5.36. The number of carbonyl (C=O) groups is 1. The van der Waals surface area contributed by atoms with Crippen molar-refractivity contribution in [3.8, 4) is 16.9 Å². The van der Waals surface area contributed by atoms with Crippen LogP contribution in [0.25, 0.3) is 11.1 Å². The first-order chi connectivity index (χ1) is 16.4. The molecule has 1 aliphatic carbocycles. The topological polar surface area (TPSA) is 84.5 Å². The lowest BCUT2D eigenvalue weighted by Crippen LogP contribution is -2.42. The molecule has 0 heterocycles. The van der Waals surface area contributed by atoms with Crippen molar-refractivity contribution in [1.82, 2.24) is 4.72 Å². The van der Waals surface area contributed by atoms with E-state index in [9.17, 15) is 13.2 Å². The smallest absolute Gasteiger partial charge is 0.240 e. The number of nitrogens with one attached hydrogen (secondary N) is 2. The van der Waals surface area contributed by atoms with Crippen molar-refractivity contribution in [2.24, 2.45) is 0 Å². The molecule has 3 aromatic rings. The SMILES string of the molecule is CNS(=O)(=O)c1ccc(-c2cccc(NC(=O)C3(c4ccc(OC)cc4)CCCCC3)c2)cc1.[HH]. The van der Waals surface area contributed by atoms with Gasteiger partial charge in [-0.15, -0.1) is 0 Å². The van der Waals surface area contributed by atoms with Crippen LogP contribution in [0, 0.1) is 0 Å². The fraction of sp³-hybridized carbons (Fsp3) is 0.296. The standard InChI is InChI=1S/C27H30N2O4S.H2/c1-28-34(31,32)25-15-9-20(10-16-25)21-7-6-8-23(19-21)29-26(30)27(17-4-3-5-18-27)22-11-13-24(33-2)14-12-22;/h6-16,19,28H,3-5,17-18H2,1-2H3,(H,29,30);1H. The lowest BCUT2D eigenvalue weighted by Gasteiger charge is -2.36. The number of amides is 1. The molecular weight excluding hydrogens is 448 g/mol. The minimum Gasteiger partial charge on any atom is -0.497 e. The van der Waals surface area contributed by atoms with Gasteiger partial charge in [0.2, 0.25) is 15.9 Å². The minimum absolute atomic E-state index is 0. The van der Waals surface area contributed by atoms with Crippen LogP contribution in [0.3, 0.4) is 0 Å². The summed E-state index contributed by atoms with van der Waals surface area (Å²) in [5.41, 5.74) is 2.93. The van der Waals surface area contributed by atoms with Gasteiger partial charge in [0.15, 0.2) is 0 Å². The summed E-state index contributed by atoms with van der Waals surface area (Å²) >= 11 is 0. The summed E-state index contributed by atoms with van der Waals surface area (Å²) in [5.74, 6) is 0.779. The summed E-state index contributed by atoms with van der Waals surface area (Å²) in [6.45, 7) is 0. The van der Waals surface area contributed by atoms with Crippen molar-refractivity contribution in [2.75, 3.05) is 19.5 Å². The largest absolute Gasteiger partial charge is 0.497 e. The maximum Gasteiger partial charge on any atom is 0.240 e. The molecule has 0 unspecified atom stereocenters. The van der Waals surface area contributed by atoms with Gasteiger partial charge in [-0.25, -0.2) is 13.1 Å². The van der Waals surface area contributed by atoms with Gasteiger partial charge in [0.05, 0.1) is 17.4 Å². The van der Waals surface area contributed by atoms with Crippen LogP contribution >= 0.6 is 0 Å². The number of hydrogen-bond acceptors (Lipinski definition) is 4. The second-order valence-electron chi connectivity index (χ2n) is 8.64. The average Bonchev–Trinajstić information content (AvgIpc) is 2.89. The summed E-state index contributed by atoms with van der Waals surface area (Å²) < 4.78 is 31.6. The van der Waals surface area contributed by atoms with E-state index in [0.29, 0.717) is 5.69 Å². The zero-order valence-corrected chi connectivity index (χ0v) is 20.3. The molecule has 0 saturated heterocycles. The molecule has 7 heteroatoms. The van der Waals surface area contributed by atoms with Crippen LogP contribution in [0.2, 0.25) is 0 Å².